The van der Waals surface area contributed by atoms with Crippen LogP contribution in [-0.2, 0) is 14.4 Å². The smallest absolute Gasteiger partial charge is 0.331 e. The van der Waals surface area contributed by atoms with Gasteiger partial charge in [0.25, 0.3) is 0 Å². The van der Waals surface area contributed by atoms with Gasteiger partial charge in [0.1, 0.15) is 0 Å². The molecule has 0 radical (unpaired) electrons. The molecular formula is C9H10O5. The van der Waals surface area contributed by atoms with Gasteiger partial charge in [-0.15, -0.1) is 0 Å². The van der Waals surface area contributed by atoms with Gasteiger partial charge in [0.05, 0.1) is 0 Å². The molecule has 0 spiro atoms. The summed E-state index contributed by atoms with van der Waals surface area (Å²) in [6.45, 7) is 3.21. The zero-order chi connectivity index (χ0) is 11.1. The second-order valence-corrected chi connectivity index (χ2v) is 2.48. The molecule has 0 saturated carbocycles. The molecule has 0 saturated heterocycles. The minimum Gasteiger partial charge on any atom is -0.478 e. The lowest BCUT2D eigenvalue weighted by Gasteiger charge is -1.98. The Bertz CT molecular complexity index is 300. The highest BCUT2D eigenvalue weighted by atomic mass is 16.4. The third kappa shape index (κ3) is 4.87. The minimum atomic E-state index is -1.34. The van der Waals surface area contributed by atoms with Crippen LogP contribution in [0.4, 0.5) is 0 Å². The standard InChI is InChI=1S/C9H10O5/c1-2-7(10)4-3-6(9(13)14)5-8(11)12/h2,5H,1,3-4H2,(H,11,12)(H,13,14)/b6-5-. The summed E-state index contributed by atoms with van der Waals surface area (Å²) < 4.78 is 0. The van der Waals surface area contributed by atoms with E-state index in [-0.39, 0.29) is 24.2 Å². The molecule has 0 rings (SSSR count). The Kier molecular flexibility index (Phi) is 4.91. The van der Waals surface area contributed by atoms with E-state index in [1.165, 1.54) is 0 Å². The predicted octanol–water partition coefficient (Wildman–Crippen LogP) is 0.617. The molecule has 0 aliphatic carbocycles. The third-order valence-corrected chi connectivity index (χ3v) is 1.44. The van der Waals surface area contributed by atoms with E-state index in [1.54, 1.807) is 0 Å². The molecule has 0 fully saturated rings. The van der Waals surface area contributed by atoms with Crippen LogP contribution in [-0.4, -0.2) is 27.9 Å². The Balaban J connectivity index is 4.40. The number of carboxylic acids is 2. The van der Waals surface area contributed by atoms with E-state index in [2.05, 4.69) is 6.58 Å². The number of hydrogen-bond donors (Lipinski definition) is 2. The zero-order valence-electron chi connectivity index (χ0n) is 7.40. The highest BCUT2D eigenvalue weighted by Gasteiger charge is 2.10. The van der Waals surface area contributed by atoms with Gasteiger partial charge >= 0.3 is 11.9 Å². The number of hydrogen-bond acceptors (Lipinski definition) is 3. The van der Waals surface area contributed by atoms with E-state index in [1.807, 2.05) is 0 Å². The van der Waals surface area contributed by atoms with E-state index >= 15 is 0 Å². The number of ketones is 1. The molecule has 0 aliphatic rings. The van der Waals surface area contributed by atoms with Crippen LogP contribution in [0.3, 0.4) is 0 Å². The van der Waals surface area contributed by atoms with Gasteiger partial charge in [-0.05, 0) is 12.5 Å². The molecule has 0 aromatic rings. The lowest BCUT2D eigenvalue weighted by molar-refractivity contribution is -0.135. The average Bonchev–Trinajstić information content (AvgIpc) is 2.10. The summed E-state index contributed by atoms with van der Waals surface area (Å²) in [7, 11) is 0. The van der Waals surface area contributed by atoms with Gasteiger partial charge < -0.3 is 10.2 Å². The fourth-order valence-electron chi connectivity index (χ4n) is 0.750. The molecule has 0 heterocycles. The molecule has 0 unspecified atom stereocenters. The van der Waals surface area contributed by atoms with Gasteiger partial charge in [0.2, 0.25) is 0 Å². The normalized spacial score (nSPS) is 10.7. The van der Waals surface area contributed by atoms with Gasteiger partial charge in [-0.25, -0.2) is 9.59 Å². The maximum Gasteiger partial charge on any atom is 0.331 e. The number of carbonyl (C=O) groups excluding carboxylic acids is 1. The van der Waals surface area contributed by atoms with E-state index < -0.39 is 11.9 Å². The molecule has 76 valence electrons. The molecule has 0 aromatic heterocycles. The zero-order valence-corrected chi connectivity index (χ0v) is 7.40. The van der Waals surface area contributed by atoms with Crippen LogP contribution in [0, 0.1) is 0 Å². The molecule has 14 heavy (non-hydrogen) atoms. The summed E-state index contributed by atoms with van der Waals surface area (Å²) in [5, 5.41) is 16.8. The first-order valence-electron chi connectivity index (χ1n) is 3.79. The first-order valence-corrected chi connectivity index (χ1v) is 3.79. The highest BCUT2D eigenvalue weighted by molar-refractivity contribution is 5.96. The number of rotatable bonds is 6. The number of carboxylic acid groups (broad SMARTS) is 2. The highest BCUT2D eigenvalue weighted by Crippen LogP contribution is 2.06. The summed E-state index contributed by atoms with van der Waals surface area (Å²) in [5.74, 6) is -2.99. The molecular weight excluding hydrogens is 188 g/mol. The van der Waals surface area contributed by atoms with Crippen molar-refractivity contribution in [3.05, 3.63) is 24.3 Å². The van der Waals surface area contributed by atoms with Crippen LogP contribution in [0.1, 0.15) is 12.8 Å². The van der Waals surface area contributed by atoms with Crippen molar-refractivity contribution in [3.63, 3.8) is 0 Å². The molecule has 2 N–H and O–H groups in total. The summed E-state index contributed by atoms with van der Waals surface area (Å²) >= 11 is 0. The maximum atomic E-state index is 10.7. The largest absolute Gasteiger partial charge is 0.478 e. The van der Waals surface area contributed by atoms with Crippen molar-refractivity contribution in [2.75, 3.05) is 0 Å². The van der Waals surface area contributed by atoms with Crippen LogP contribution in [0.5, 0.6) is 0 Å². The summed E-state index contributed by atoms with van der Waals surface area (Å²) in [6.07, 6.45) is 1.50. The molecule has 5 heteroatoms. The second kappa shape index (κ2) is 5.69. The lowest BCUT2D eigenvalue weighted by Crippen LogP contribution is -2.06. The van der Waals surface area contributed by atoms with Crippen molar-refractivity contribution < 1.29 is 24.6 Å². The van der Waals surface area contributed by atoms with E-state index in [4.69, 9.17) is 10.2 Å². The minimum absolute atomic E-state index is 0.0467. The van der Waals surface area contributed by atoms with E-state index in [0.717, 1.165) is 6.08 Å². The summed E-state index contributed by atoms with van der Waals surface area (Å²) in [5.41, 5.74) is -0.298. The van der Waals surface area contributed by atoms with Crippen molar-refractivity contribution in [1.29, 1.82) is 0 Å². The SMILES string of the molecule is C=CC(=O)CC/C(=C/C(=O)O)C(=O)O. The van der Waals surface area contributed by atoms with Crippen LogP contribution in [0.2, 0.25) is 0 Å². The van der Waals surface area contributed by atoms with Gasteiger partial charge in [-0.1, -0.05) is 6.58 Å². The molecule has 5 nitrogen and oxygen atoms in total. The Morgan fingerprint density at radius 2 is 1.71 bits per heavy atom. The molecule has 0 aliphatic heterocycles. The van der Waals surface area contributed by atoms with Crippen LogP contribution in [0.15, 0.2) is 24.3 Å². The molecule has 0 atom stereocenters. The molecule has 0 bridgehead atoms. The van der Waals surface area contributed by atoms with Gasteiger partial charge in [-0.2, -0.15) is 0 Å². The Hall–Kier alpha value is -1.91. The van der Waals surface area contributed by atoms with E-state index in [0.29, 0.717) is 6.08 Å². The lowest BCUT2D eigenvalue weighted by atomic mass is 10.1. The van der Waals surface area contributed by atoms with Crippen LogP contribution in [0.25, 0.3) is 0 Å². The molecule has 0 aromatic carbocycles. The van der Waals surface area contributed by atoms with Crippen molar-refractivity contribution >= 4 is 17.7 Å². The summed E-state index contributed by atoms with van der Waals surface area (Å²) in [6, 6.07) is 0. The Labute approximate surface area is 80.4 Å². The van der Waals surface area contributed by atoms with Gasteiger partial charge in [0, 0.05) is 18.1 Å². The van der Waals surface area contributed by atoms with Crippen molar-refractivity contribution in [2.45, 2.75) is 12.8 Å². The average molecular weight is 198 g/mol. The van der Waals surface area contributed by atoms with Gasteiger partial charge in [0.15, 0.2) is 5.78 Å². The number of carbonyl (C=O) groups is 3. The number of allylic oxidation sites excluding steroid dienone is 1. The van der Waals surface area contributed by atoms with E-state index in [9.17, 15) is 14.4 Å². The second-order valence-electron chi connectivity index (χ2n) is 2.48. The number of aliphatic carboxylic acids is 2. The van der Waals surface area contributed by atoms with Crippen molar-refractivity contribution in [1.82, 2.24) is 0 Å². The van der Waals surface area contributed by atoms with Crippen molar-refractivity contribution in [3.8, 4) is 0 Å². The monoisotopic (exact) mass is 198 g/mol. The summed E-state index contributed by atoms with van der Waals surface area (Å²) in [4.78, 5) is 31.4. The van der Waals surface area contributed by atoms with Gasteiger partial charge in [-0.3, -0.25) is 4.79 Å². The first kappa shape index (κ1) is 12.1. The van der Waals surface area contributed by atoms with Crippen LogP contribution < -0.4 is 0 Å². The fraction of sp³-hybridized carbons (Fsp3) is 0.222. The topological polar surface area (TPSA) is 91.7 Å². The Morgan fingerprint density at radius 1 is 1.14 bits per heavy atom. The maximum absolute atomic E-state index is 10.7. The quantitative estimate of drug-likeness (QED) is 0.610. The van der Waals surface area contributed by atoms with Crippen LogP contribution >= 0.6 is 0 Å². The first-order chi connectivity index (χ1) is 6.47. The molecule has 0 amide bonds. The third-order valence-electron chi connectivity index (χ3n) is 1.44. The Morgan fingerprint density at radius 3 is 2.07 bits per heavy atom. The van der Waals surface area contributed by atoms with Crippen molar-refractivity contribution in [2.24, 2.45) is 0 Å². The predicted molar refractivity (Wildman–Crippen MR) is 47.8 cm³/mol. The fourth-order valence-corrected chi connectivity index (χ4v) is 0.750.